The standard InChI is InChI=1S/C13H20N2O3/c1-5-14-13(16)15-9(2)11-8-10(17-3)6-7-12(11)18-4/h6-9H,5H2,1-4H3,(H2,14,15,16)/t9-/m0/s1. The van der Waals surface area contributed by atoms with Crippen molar-refractivity contribution in [2.24, 2.45) is 0 Å². The van der Waals surface area contributed by atoms with Crippen LogP contribution in [0.3, 0.4) is 0 Å². The molecular formula is C13H20N2O3. The number of benzene rings is 1. The van der Waals surface area contributed by atoms with Gasteiger partial charge in [0, 0.05) is 12.1 Å². The number of hydrogen-bond donors (Lipinski definition) is 2. The van der Waals surface area contributed by atoms with E-state index in [1.807, 2.05) is 32.0 Å². The summed E-state index contributed by atoms with van der Waals surface area (Å²) in [5.41, 5.74) is 0.878. The molecule has 0 spiro atoms. The first-order valence-corrected chi connectivity index (χ1v) is 5.88. The maximum atomic E-state index is 11.5. The number of methoxy groups -OCH3 is 2. The molecule has 5 nitrogen and oxygen atoms in total. The number of carbonyl (C=O) groups is 1. The minimum absolute atomic E-state index is 0.165. The summed E-state index contributed by atoms with van der Waals surface area (Å²) in [6, 6.07) is 5.14. The first-order valence-electron chi connectivity index (χ1n) is 5.88. The maximum Gasteiger partial charge on any atom is 0.315 e. The Hall–Kier alpha value is -1.91. The Kier molecular flexibility index (Phi) is 5.30. The molecule has 0 aliphatic heterocycles. The Bertz CT molecular complexity index is 407. The number of rotatable bonds is 5. The first-order chi connectivity index (χ1) is 8.62. The van der Waals surface area contributed by atoms with E-state index in [2.05, 4.69) is 10.6 Å². The van der Waals surface area contributed by atoms with E-state index in [9.17, 15) is 4.79 Å². The van der Waals surface area contributed by atoms with Gasteiger partial charge in [-0.1, -0.05) is 0 Å². The van der Waals surface area contributed by atoms with Crippen LogP contribution in [0.1, 0.15) is 25.5 Å². The molecule has 0 unspecified atom stereocenters. The van der Waals surface area contributed by atoms with Gasteiger partial charge in [0.1, 0.15) is 11.5 Å². The molecule has 0 saturated carbocycles. The van der Waals surface area contributed by atoms with Crippen LogP contribution in [0.4, 0.5) is 4.79 Å². The SMILES string of the molecule is CCNC(=O)N[C@@H](C)c1cc(OC)ccc1OC. The Morgan fingerprint density at radius 1 is 1.33 bits per heavy atom. The van der Waals surface area contributed by atoms with Gasteiger partial charge in [-0.3, -0.25) is 0 Å². The zero-order chi connectivity index (χ0) is 13.5. The van der Waals surface area contributed by atoms with Crippen LogP contribution in [0.5, 0.6) is 11.5 Å². The summed E-state index contributed by atoms with van der Waals surface area (Å²) in [5.74, 6) is 1.45. The number of nitrogens with one attached hydrogen (secondary N) is 2. The molecule has 100 valence electrons. The molecule has 2 amide bonds. The average Bonchev–Trinajstić information content (AvgIpc) is 2.38. The van der Waals surface area contributed by atoms with Crippen molar-refractivity contribution in [3.8, 4) is 11.5 Å². The second-order valence-corrected chi connectivity index (χ2v) is 3.83. The molecule has 1 aromatic rings. The van der Waals surface area contributed by atoms with Crippen LogP contribution in [0.15, 0.2) is 18.2 Å². The van der Waals surface area contributed by atoms with Crippen molar-refractivity contribution in [3.05, 3.63) is 23.8 Å². The van der Waals surface area contributed by atoms with Gasteiger partial charge >= 0.3 is 6.03 Å². The van der Waals surface area contributed by atoms with Gasteiger partial charge in [0.15, 0.2) is 0 Å². The molecule has 0 radical (unpaired) electrons. The van der Waals surface area contributed by atoms with E-state index in [0.717, 1.165) is 17.1 Å². The van der Waals surface area contributed by atoms with E-state index in [0.29, 0.717) is 6.54 Å². The number of amides is 2. The van der Waals surface area contributed by atoms with E-state index >= 15 is 0 Å². The molecule has 1 rings (SSSR count). The normalized spacial score (nSPS) is 11.6. The molecule has 1 atom stereocenters. The fourth-order valence-corrected chi connectivity index (χ4v) is 1.66. The fourth-order valence-electron chi connectivity index (χ4n) is 1.66. The Morgan fingerprint density at radius 3 is 2.61 bits per heavy atom. The second kappa shape index (κ2) is 6.74. The summed E-state index contributed by atoms with van der Waals surface area (Å²) in [7, 11) is 3.21. The zero-order valence-corrected chi connectivity index (χ0v) is 11.2. The van der Waals surface area contributed by atoms with Crippen molar-refractivity contribution in [1.82, 2.24) is 10.6 Å². The topological polar surface area (TPSA) is 59.6 Å². The number of urea groups is 1. The van der Waals surface area contributed by atoms with Crippen LogP contribution < -0.4 is 20.1 Å². The average molecular weight is 252 g/mol. The molecule has 0 bridgehead atoms. The predicted octanol–water partition coefficient (Wildman–Crippen LogP) is 2.08. The lowest BCUT2D eigenvalue weighted by Crippen LogP contribution is -2.36. The largest absolute Gasteiger partial charge is 0.497 e. The number of hydrogen-bond acceptors (Lipinski definition) is 3. The maximum absolute atomic E-state index is 11.5. The van der Waals surface area contributed by atoms with Crippen molar-refractivity contribution in [2.45, 2.75) is 19.9 Å². The van der Waals surface area contributed by atoms with E-state index < -0.39 is 0 Å². The van der Waals surface area contributed by atoms with Gasteiger partial charge in [-0.05, 0) is 32.0 Å². The van der Waals surface area contributed by atoms with Crippen LogP contribution in [-0.4, -0.2) is 26.8 Å². The lowest BCUT2D eigenvalue weighted by atomic mass is 10.1. The molecule has 0 heterocycles. The zero-order valence-electron chi connectivity index (χ0n) is 11.2. The van der Waals surface area contributed by atoms with E-state index in [-0.39, 0.29) is 12.1 Å². The van der Waals surface area contributed by atoms with Crippen molar-refractivity contribution in [2.75, 3.05) is 20.8 Å². The third-order valence-corrected chi connectivity index (χ3v) is 2.59. The predicted molar refractivity (Wildman–Crippen MR) is 70.2 cm³/mol. The summed E-state index contributed by atoms with van der Waals surface area (Å²) in [5, 5.41) is 5.53. The molecule has 0 aromatic heterocycles. The van der Waals surface area contributed by atoms with E-state index in [1.54, 1.807) is 14.2 Å². The molecule has 0 aliphatic rings. The van der Waals surface area contributed by atoms with Gasteiger partial charge in [-0.15, -0.1) is 0 Å². The number of carbonyl (C=O) groups excluding carboxylic acids is 1. The van der Waals surface area contributed by atoms with Gasteiger partial charge in [-0.25, -0.2) is 4.79 Å². The highest BCUT2D eigenvalue weighted by Gasteiger charge is 2.14. The number of ether oxygens (including phenoxy) is 2. The minimum atomic E-state index is -0.199. The van der Waals surface area contributed by atoms with Crippen molar-refractivity contribution in [1.29, 1.82) is 0 Å². The highest BCUT2D eigenvalue weighted by atomic mass is 16.5. The van der Waals surface area contributed by atoms with Gasteiger partial charge < -0.3 is 20.1 Å². The quantitative estimate of drug-likeness (QED) is 0.843. The minimum Gasteiger partial charge on any atom is -0.497 e. The lowest BCUT2D eigenvalue weighted by Gasteiger charge is -2.18. The smallest absolute Gasteiger partial charge is 0.315 e. The molecule has 0 fully saturated rings. The molecule has 0 aliphatic carbocycles. The fraction of sp³-hybridized carbons (Fsp3) is 0.462. The van der Waals surface area contributed by atoms with Crippen LogP contribution in [0.2, 0.25) is 0 Å². The molecule has 2 N–H and O–H groups in total. The third-order valence-electron chi connectivity index (χ3n) is 2.59. The Morgan fingerprint density at radius 2 is 2.06 bits per heavy atom. The van der Waals surface area contributed by atoms with E-state index in [1.165, 1.54) is 0 Å². The summed E-state index contributed by atoms with van der Waals surface area (Å²) in [6.07, 6.45) is 0. The van der Waals surface area contributed by atoms with Gasteiger partial charge in [0.25, 0.3) is 0 Å². The second-order valence-electron chi connectivity index (χ2n) is 3.83. The summed E-state index contributed by atoms with van der Waals surface area (Å²) < 4.78 is 10.5. The van der Waals surface area contributed by atoms with Crippen LogP contribution in [0, 0.1) is 0 Å². The summed E-state index contributed by atoms with van der Waals surface area (Å²) in [6.45, 7) is 4.36. The molecule has 0 saturated heterocycles. The van der Waals surface area contributed by atoms with Gasteiger partial charge in [0.05, 0.1) is 20.3 Å². The van der Waals surface area contributed by atoms with E-state index in [4.69, 9.17) is 9.47 Å². The molecule has 1 aromatic carbocycles. The highest BCUT2D eigenvalue weighted by Crippen LogP contribution is 2.29. The molecule has 5 heteroatoms. The van der Waals surface area contributed by atoms with Crippen LogP contribution in [0.25, 0.3) is 0 Å². The van der Waals surface area contributed by atoms with Crippen molar-refractivity contribution in [3.63, 3.8) is 0 Å². The lowest BCUT2D eigenvalue weighted by molar-refractivity contribution is 0.238. The highest BCUT2D eigenvalue weighted by molar-refractivity contribution is 5.74. The molecule has 18 heavy (non-hydrogen) atoms. The molecular weight excluding hydrogens is 232 g/mol. The third kappa shape index (κ3) is 3.55. The Labute approximate surface area is 107 Å². The van der Waals surface area contributed by atoms with Gasteiger partial charge in [0.2, 0.25) is 0 Å². The van der Waals surface area contributed by atoms with Crippen molar-refractivity contribution < 1.29 is 14.3 Å². The summed E-state index contributed by atoms with van der Waals surface area (Å²) in [4.78, 5) is 11.5. The Balaban J connectivity index is 2.88. The van der Waals surface area contributed by atoms with Crippen LogP contribution in [-0.2, 0) is 0 Å². The van der Waals surface area contributed by atoms with Crippen molar-refractivity contribution >= 4 is 6.03 Å². The first kappa shape index (κ1) is 14.2. The monoisotopic (exact) mass is 252 g/mol. The van der Waals surface area contributed by atoms with Gasteiger partial charge in [-0.2, -0.15) is 0 Å². The summed E-state index contributed by atoms with van der Waals surface area (Å²) >= 11 is 0. The van der Waals surface area contributed by atoms with Crippen LogP contribution >= 0.6 is 0 Å².